The van der Waals surface area contributed by atoms with Crippen molar-refractivity contribution in [2.75, 3.05) is 16.8 Å². The number of benzene rings is 2. The Bertz CT molecular complexity index is 1220. The summed E-state index contributed by atoms with van der Waals surface area (Å²) in [6, 6.07) is 14.9. The maximum absolute atomic E-state index is 13.5. The van der Waals surface area contributed by atoms with Crippen LogP contribution in [-0.2, 0) is 14.4 Å². The van der Waals surface area contributed by atoms with E-state index in [0.29, 0.717) is 31.7 Å². The molecule has 2 aromatic carbocycles. The van der Waals surface area contributed by atoms with Crippen LogP contribution in [0.1, 0.15) is 36.8 Å². The molecule has 5 rings (SSSR count). The van der Waals surface area contributed by atoms with Crippen LogP contribution in [0.25, 0.3) is 5.57 Å². The van der Waals surface area contributed by atoms with Crippen LogP contribution in [0, 0.1) is 6.92 Å². The van der Waals surface area contributed by atoms with E-state index in [-0.39, 0.29) is 30.3 Å². The Morgan fingerprint density at radius 1 is 1.06 bits per heavy atom. The number of hydrogen-bond donors (Lipinski definition) is 1. The van der Waals surface area contributed by atoms with Crippen molar-refractivity contribution >= 4 is 63.0 Å². The van der Waals surface area contributed by atoms with Gasteiger partial charge in [-0.15, -0.1) is 0 Å². The first-order chi connectivity index (χ1) is 16.0. The summed E-state index contributed by atoms with van der Waals surface area (Å²) in [4.78, 5) is 43.2. The summed E-state index contributed by atoms with van der Waals surface area (Å²) in [5.74, 6) is -0.837. The summed E-state index contributed by atoms with van der Waals surface area (Å²) in [6.45, 7) is 1.77. The Balaban J connectivity index is 1.45. The molecule has 0 unspecified atom stereocenters. The number of para-hydroxylation sites is 2. The molecule has 6 nitrogen and oxygen atoms in total. The number of thioether (sulfide) groups is 1. The van der Waals surface area contributed by atoms with Gasteiger partial charge in [0.15, 0.2) is 0 Å². The first-order valence-corrected chi connectivity index (χ1v) is 12.2. The van der Waals surface area contributed by atoms with Crippen molar-refractivity contribution < 1.29 is 14.4 Å². The molecule has 2 fully saturated rings. The second kappa shape index (κ2) is 8.76. The number of nitrogens with zero attached hydrogens (tertiary/aromatic N) is 2. The van der Waals surface area contributed by atoms with Crippen molar-refractivity contribution in [2.24, 2.45) is 0 Å². The molecule has 1 saturated carbocycles. The summed E-state index contributed by atoms with van der Waals surface area (Å²) in [5.41, 5.74) is 3.28. The molecule has 8 heteroatoms. The lowest BCUT2D eigenvalue weighted by Gasteiger charge is -2.22. The molecule has 2 heterocycles. The smallest absolute Gasteiger partial charge is 0.267 e. The minimum absolute atomic E-state index is 0.110. The van der Waals surface area contributed by atoms with Crippen LogP contribution in [0.2, 0.25) is 0 Å². The number of hydrogen-bond acceptors (Lipinski definition) is 5. The number of fused-ring (bicyclic) bond motifs is 1. The SMILES string of the molecule is Cc1ccccc1NC(=O)CN1C(=O)/C(=C2/SC(=S)N(C3CCCC3)C2=O)c2ccccc21. The second-order valence-corrected chi connectivity index (χ2v) is 10.1. The van der Waals surface area contributed by atoms with Gasteiger partial charge in [-0.3, -0.25) is 24.2 Å². The van der Waals surface area contributed by atoms with Gasteiger partial charge in [-0.05, 0) is 37.5 Å². The Labute approximate surface area is 202 Å². The van der Waals surface area contributed by atoms with E-state index in [1.807, 2.05) is 49.4 Å². The molecule has 1 N–H and O–H groups in total. The number of nitrogens with one attached hydrogen (secondary N) is 1. The molecule has 3 aliphatic rings. The molecular weight excluding hydrogens is 454 g/mol. The number of amides is 3. The van der Waals surface area contributed by atoms with E-state index < -0.39 is 0 Å². The first-order valence-electron chi connectivity index (χ1n) is 11.0. The molecule has 0 spiro atoms. The van der Waals surface area contributed by atoms with Crippen molar-refractivity contribution in [1.29, 1.82) is 0 Å². The van der Waals surface area contributed by atoms with Crippen molar-refractivity contribution in [3.8, 4) is 0 Å². The fraction of sp³-hybridized carbons (Fsp3) is 0.280. The van der Waals surface area contributed by atoms with E-state index in [1.165, 1.54) is 16.7 Å². The van der Waals surface area contributed by atoms with Crippen LogP contribution >= 0.6 is 24.0 Å². The molecule has 3 amide bonds. The highest BCUT2D eigenvalue weighted by Gasteiger charge is 2.44. The molecule has 33 heavy (non-hydrogen) atoms. The van der Waals surface area contributed by atoms with Crippen LogP contribution in [0.5, 0.6) is 0 Å². The lowest BCUT2D eigenvalue weighted by molar-refractivity contribution is -0.123. The van der Waals surface area contributed by atoms with E-state index in [2.05, 4.69) is 5.32 Å². The average Bonchev–Trinajstić information content (AvgIpc) is 3.48. The molecule has 1 saturated heterocycles. The van der Waals surface area contributed by atoms with Crippen molar-refractivity contribution in [3.05, 3.63) is 64.6 Å². The quantitative estimate of drug-likeness (QED) is 0.519. The maximum Gasteiger partial charge on any atom is 0.267 e. The summed E-state index contributed by atoms with van der Waals surface area (Å²) >= 11 is 6.73. The summed E-state index contributed by atoms with van der Waals surface area (Å²) in [6.07, 6.45) is 4.04. The zero-order valence-corrected chi connectivity index (χ0v) is 19.8. The number of carbonyl (C=O) groups excluding carboxylic acids is 3. The predicted octanol–water partition coefficient (Wildman–Crippen LogP) is 4.49. The molecule has 2 aromatic rings. The third-order valence-electron chi connectivity index (χ3n) is 6.36. The minimum atomic E-state index is -0.344. The van der Waals surface area contributed by atoms with Gasteiger partial charge >= 0.3 is 0 Å². The molecule has 168 valence electrons. The molecular formula is C25H23N3O3S2. The number of aryl methyl sites for hydroxylation is 1. The maximum atomic E-state index is 13.5. The number of rotatable bonds is 4. The van der Waals surface area contributed by atoms with Crippen LogP contribution in [0.15, 0.2) is 53.4 Å². The van der Waals surface area contributed by atoms with Gasteiger partial charge in [-0.1, -0.05) is 73.2 Å². The van der Waals surface area contributed by atoms with Gasteiger partial charge in [-0.2, -0.15) is 0 Å². The third kappa shape index (κ3) is 3.87. The van der Waals surface area contributed by atoms with Gasteiger partial charge in [0.05, 0.1) is 16.2 Å². The molecule has 0 radical (unpaired) electrons. The van der Waals surface area contributed by atoms with E-state index in [1.54, 1.807) is 11.0 Å². The highest BCUT2D eigenvalue weighted by atomic mass is 32.2. The summed E-state index contributed by atoms with van der Waals surface area (Å²) < 4.78 is 0.510. The van der Waals surface area contributed by atoms with E-state index in [9.17, 15) is 14.4 Å². The third-order valence-corrected chi connectivity index (χ3v) is 7.76. The number of thiocarbonyl (C=S) groups is 1. The average molecular weight is 478 g/mol. The molecule has 0 bridgehead atoms. The molecule has 2 aliphatic heterocycles. The van der Waals surface area contributed by atoms with Crippen molar-refractivity contribution in [3.63, 3.8) is 0 Å². The normalized spacial score (nSPS) is 20.7. The predicted molar refractivity (Wildman–Crippen MR) is 135 cm³/mol. The minimum Gasteiger partial charge on any atom is -0.324 e. The van der Waals surface area contributed by atoms with Crippen LogP contribution in [-0.4, -0.2) is 39.5 Å². The Kier molecular flexibility index (Phi) is 5.80. The molecule has 0 aromatic heterocycles. The lowest BCUT2D eigenvalue weighted by atomic mass is 10.1. The second-order valence-electron chi connectivity index (χ2n) is 8.46. The van der Waals surface area contributed by atoms with Gasteiger partial charge in [0, 0.05) is 17.3 Å². The molecule has 1 aliphatic carbocycles. The van der Waals surface area contributed by atoms with Gasteiger partial charge in [-0.25, -0.2) is 0 Å². The van der Waals surface area contributed by atoms with Crippen molar-refractivity contribution in [1.82, 2.24) is 4.90 Å². The van der Waals surface area contributed by atoms with Crippen LogP contribution < -0.4 is 10.2 Å². The Morgan fingerprint density at radius 2 is 1.76 bits per heavy atom. The molecule has 0 atom stereocenters. The standard InChI is InChI=1S/C25H23N3O3S2/c1-15-8-2-6-12-18(15)26-20(29)14-27-19-13-7-5-11-17(19)21(23(27)30)22-24(31)28(25(32)33-22)16-9-3-4-10-16/h2,5-8,11-13,16H,3-4,9-10,14H2,1H3,(H,26,29)/b22-21+. The largest absolute Gasteiger partial charge is 0.324 e. The van der Waals surface area contributed by atoms with Gasteiger partial charge in [0.25, 0.3) is 11.8 Å². The van der Waals surface area contributed by atoms with E-state index in [4.69, 9.17) is 12.2 Å². The Morgan fingerprint density at radius 3 is 2.52 bits per heavy atom. The zero-order chi connectivity index (χ0) is 23.1. The van der Waals surface area contributed by atoms with Crippen LogP contribution in [0.3, 0.4) is 0 Å². The topological polar surface area (TPSA) is 69.7 Å². The number of carbonyl (C=O) groups is 3. The highest BCUT2D eigenvalue weighted by Crippen LogP contribution is 2.46. The fourth-order valence-electron chi connectivity index (χ4n) is 4.71. The summed E-state index contributed by atoms with van der Waals surface area (Å²) in [5, 5.41) is 2.88. The Hall–Kier alpha value is -2.97. The van der Waals surface area contributed by atoms with Gasteiger partial charge in [0.1, 0.15) is 10.9 Å². The first kappa shape index (κ1) is 21.9. The van der Waals surface area contributed by atoms with Gasteiger partial charge < -0.3 is 5.32 Å². The van der Waals surface area contributed by atoms with Crippen molar-refractivity contribution in [2.45, 2.75) is 38.6 Å². The van der Waals surface area contributed by atoms with Gasteiger partial charge in [0.2, 0.25) is 5.91 Å². The highest BCUT2D eigenvalue weighted by molar-refractivity contribution is 8.26. The summed E-state index contributed by atoms with van der Waals surface area (Å²) in [7, 11) is 0. The van der Waals surface area contributed by atoms with E-state index in [0.717, 1.165) is 31.2 Å². The number of anilines is 2. The lowest BCUT2D eigenvalue weighted by Crippen LogP contribution is -2.37. The van der Waals surface area contributed by atoms with Crippen LogP contribution in [0.4, 0.5) is 11.4 Å². The van der Waals surface area contributed by atoms with E-state index >= 15 is 0 Å². The monoisotopic (exact) mass is 477 g/mol. The fourth-order valence-corrected chi connectivity index (χ4v) is 6.18. The zero-order valence-electron chi connectivity index (χ0n) is 18.2.